The van der Waals surface area contributed by atoms with Gasteiger partial charge in [0.1, 0.15) is 0 Å². The fourth-order valence-electron chi connectivity index (χ4n) is 3.18. The summed E-state index contributed by atoms with van der Waals surface area (Å²) in [6, 6.07) is -0.0494. The molecule has 3 nitrogen and oxygen atoms in total. The van der Waals surface area contributed by atoms with E-state index in [0.29, 0.717) is 6.61 Å². The van der Waals surface area contributed by atoms with Crippen molar-refractivity contribution in [1.29, 1.82) is 0 Å². The number of unbranched alkanes of at least 4 members (excludes halogenated alkanes) is 11. The van der Waals surface area contributed by atoms with Gasteiger partial charge < -0.3 is 15.2 Å². The molecule has 1 heterocycles. The third-order valence-corrected chi connectivity index (χ3v) is 4.77. The monoisotopic (exact) mass is 339 g/mol. The molecular weight excluding hydrogens is 298 g/mol. The van der Waals surface area contributed by atoms with E-state index in [4.69, 9.17) is 15.2 Å². The lowest BCUT2D eigenvalue weighted by molar-refractivity contribution is -0.268. The van der Waals surface area contributed by atoms with Gasteiger partial charge in [-0.05, 0) is 26.7 Å². The first kappa shape index (κ1) is 21.7. The first-order chi connectivity index (χ1) is 11.5. The third kappa shape index (κ3) is 10.5. The molecule has 0 aromatic rings. The molecule has 24 heavy (non-hydrogen) atoms. The molecule has 1 aliphatic rings. The number of rotatable bonds is 13. The fourth-order valence-corrected chi connectivity index (χ4v) is 3.18. The Morgan fingerprint density at radius 1 is 0.917 bits per heavy atom. The molecule has 2 atom stereocenters. The molecule has 3 heteroatoms. The largest absolute Gasteiger partial charge is 0.349 e. The lowest BCUT2D eigenvalue weighted by Crippen LogP contribution is -2.51. The van der Waals surface area contributed by atoms with Crippen LogP contribution in [0.1, 0.15) is 97.8 Å². The average molecular weight is 340 g/mol. The summed E-state index contributed by atoms with van der Waals surface area (Å²) < 4.78 is 11.4. The van der Waals surface area contributed by atoms with Crippen molar-refractivity contribution in [3.63, 3.8) is 0 Å². The summed E-state index contributed by atoms with van der Waals surface area (Å²) in [5.41, 5.74) is 6.05. The maximum Gasteiger partial charge on any atom is 0.163 e. The van der Waals surface area contributed by atoms with Crippen LogP contribution in [0.25, 0.3) is 0 Å². The summed E-state index contributed by atoms with van der Waals surface area (Å²) in [6.07, 6.45) is 20.8. The molecule has 0 spiro atoms. The predicted molar refractivity (Wildman–Crippen MR) is 103 cm³/mol. The quantitative estimate of drug-likeness (QED) is 0.344. The molecule has 0 unspecified atom stereocenters. The second-order valence-corrected chi connectivity index (χ2v) is 7.71. The minimum Gasteiger partial charge on any atom is -0.349 e. The van der Waals surface area contributed by atoms with Crippen molar-refractivity contribution in [1.82, 2.24) is 0 Å². The van der Waals surface area contributed by atoms with Crippen LogP contribution in [0.3, 0.4) is 0 Å². The van der Waals surface area contributed by atoms with Crippen LogP contribution in [0.2, 0.25) is 0 Å². The number of hydrogen-bond donors (Lipinski definition) is 1. The fraction of sp³-hybridized carbons (Fsp3) is 0.905. The Labute approximate surface area is 150 Å². The van der Waals surface area contributed by atoms with Crippen molar-refractivity contribution in [2.24, 2.45) is 5.73 Å². The third-order valence-electron chi connectivity index (χ3n) is 4.77. The molecule has 0 radical (unpaired) electrons. The van der Waals surface area contributed by atoms with E-state index in [1.54, 1.807) is 0 Å². The molecule has 1 saturated heterocycles. The molecule has 1 aliphatic heterocycles. The van der Waals surface area contributed by atoms with E-state index in [2.05, 4.69) is 19.1 Å². The first-order valence-electron chi connectivity index (χ1n) is 10.3. The van der Waals surface area contributed by atoms with Crippen LogP contribution in [0.5, 0.6) is 0 Å². The van der Waals surface area contributed by atoms with Crippen LogP contribution in [0.15, 0.2) is 12.2 Å². The summed E-state index contributed by atoms with van der Waals surface area (Å²) in [7, 11) is 0. The predicted octanol–water partition coefficient (Wildman–Crippen LogP) is 5.72. The zero-order chi connectivity index (χ0) is 17.7. The topological polar surface area (TPSA) is 44.5 Å². The van der Waals surface area contributed by atoms with E-state index in [-0.39, 0.29) is 12.1 Å². The van der Waals surface area contributed by atoms with Crippen molar-refractivity contribution < 1.29 is 9.47 Å². The van der Waals surface area contributed by atoms with Crippen LogP contribution in [-0.4, -0.2) is 24.5 Å². The van der Waals surface area contributed by atoms with Gasteiger partial charge in [-0.2, -0.15) is 0 Å². The second kappa shape index (κ2) is 12.9. The van der Waals surface area contributed by atoms with Gasteiger partial charge in [0.05, 0.1) is 18.8 Å². The van der Waals surface area contributed by atoms with Gasteiger partial charge in [-0.25, -0.2) is 0 Å². The zero-order valence-corrected chi connectivity index (χ0v) is 16.4. The Bertz CT molecular complexity index is 328. The zero-order valence-electron chi connectivity index (χ0n) is 16.4. The Kier molecular flexibility index (Phi) is 11.7. The van der Waals surface area contributed by atoms with Crippen molar-refractivity contribution in [3.05, 3.63) is 12.2 Å². The van der Waals surface area contributed by atoms with E-state index in [0.717, 1.165) is 6.42 Å². The van der Waals surface area contributed by atoms with Crippen molar-refractivity contribution >= 4 is 0 Å². The first-order valence-corrected chi connectivity index (χ1v) is 10.3. The average Bonchev–Trinajstić information content (AvgIpc) is 2.55. The number of allylic oxidation sites excluding steroid dienone is 1. The van der Waals surface area contributed by atoms with E-state index in [1.165, 1.54) is 70.6 Å². The van der Waals surface area contributed by atoms with Gasteiger partial charge >= 0.3 is 0 Å². The molecule has 1 fully saturated rings. The highest BCUT2D eigenvalue weighted by atomic mass is 16.7. The Hall–Kier alpha value is -0.380. The van der Waals surface area contributed by atoms with Crippen LogP contribution < -0.4 is 5.73 Å². The molecule has 1 rings (SSSR count). The molecule has 0 aromatic heterocycles. The molecule has 0 aromatic carbocycles. The van der Waals surface area contributed by atoms with E-state index in [1.807, 2.05) is 13.8 Å². The SMILES string of the molecule is CCCCCCCCCCCCC/C=C/[C@H]1OC(C)(C)OC[C@@H]1N. The van der Waals surface area contributed by atoms with Gasteiger partial charge in [0.2, 0.25) is 0 Å². The molecular formula is C21H41NO2. The summed E-state index contributed by atoms with van der Waals surface area (Å²) in [4.78, 5) is 0. The van der Waals surface area contributed by atoms with Crippen LogP contribution in [-0.2, 0) is 9.47 Å². The van der Waals surface area contributed by atoms with E-state index in [9.17, 15) is 0 Å². The Morgan fingerprint density at radius 3 is 2.04 bits per heavy atom. The highest BCUT2D eigenvalue weighted by Crippen LogP contribution is 2.22. The van der Waals surface area contributed by atoms with Crippen molar-refractivity contribution in [2.75, 3.05) is 6.61 Å². The normalized spacial score (nSPS) is 23.8. The van der Waals surface area contributed by atoms with Crippen LogP contribution in [0.4, 0.5) is 0 Å². The van der Waals surface area contributed by atoms with Crippen LogP contribution >= 0.6 is 0 Å². The summed E-state index contributed by atoms with van der Waals surface area (Å²) in [6.45, 7) is 6.74. The summed E-state index contributed by atoms with van der Waals surface area (Å²) in [5, 5.41) is 0. The summed E-state index contributed by atoms with van der Waals surface area (Å²) in [5.74, 6) is -0.512. The van der Waals surface area contributed by atoms with Crippen molar-refractivity contribution in [2.45, 2.75) is 116 Å². The van der Waals surface area contributed by atoms with Crippen LogP contribution in [0, 0.1) is 0 Å². The minimum atomic E-state index is -0.512. The minimum absolute atomic E-state index is 0.0125. The van der Waals surface area contributed by atoms with Gasteiger partial charge in [0, 0.05) is 0 Å². The number of nitrogens with two attached hydrogens (primary N) is 1. The van der Waals surface area contributed by atoms with Gasteiger partial charge in [-0.3, -0.25) is 0 Å². The summed E-state index contributed by atoms with van der Waals surface area (Å²) >= 11 is 0. The highest BCUT2D eigenvalue weighted by Gasteiger charge is 2.32. The lowest BCUT2D eigenvalue weighted by atomic mass is 10.0. The Balaban J connectivity index is 1.92. The lowest BCUT2D eigenvalue weighted by Gasteiger charge is -2.38. The molecule has 0 amide bonds. The maximum atomic E-state index is 6.05. The maximum absolute atomic E-state index is 6.05. The second-order valence-electron chi connectivity index (χ2n) is 7.71. The molecule has 142 valence electrons. The van der Waals surface area contributed by atoms with E-state index >= 15 is 0 Å². The number of hydrogen-bond acceptors (Lipinski definition) is 3. The molecule has 2 N–H and O–H groups in total. The highest BCUT2D eigenvalue weighted by molar-refractivity contribution is 4.97. The number of ether oxygens (including phenoxy) is 2. The van der Waals surface area contributed by atoms with Gasteiger partial charge in [-0.15, -0.1) is 0 Å². The van der Waals surface area contributed by atoms with Gasteiger partial charge in [0.15, 0.2) is 5.79 Å². The molecule has 0 saturated carbocycles. The van der Waals surface area contributed by atoms with Gasteiger partial charge in [0.25, 0.3) is 0 Å². The molecule has 0 aliphatic carbocycles. The molecule has 0 bridgehead atoms. The smallest absolute Gasteiger partial charge is 0.163 e. The standard InChI is InChI=1S/C21H41NO2/c1-4-5-6-7-8-9-10-11-12-13-14-15-16-17-20-19(22)18-23-21(2,3)24-20/h16-17,19-20H,4-15,18,22H2,1-3H3/b17-16+/t19-,20+/m0/s1. The van der Waals surface area contributed by atoms with Gasteiger partial charge in [-0.1, -0.05) is 83.3 Å². The van der Waals surface area contributed by atoms with E-state index < -0.39 is 5.79 Å². The Morgan fingerprint density at radius 2 is 1.46 bits per heavy atom. The van der Waals surface area contributed by atoms with Crippen molar-refractivity contribution in [3.8, 4) is 0 Å².